The second kappa shape index (κ2) is 5.00. The van der Waals surface area contributed by atoms with Gasteiger partial charge in [0, 0.05) is 20.0 Å². The molecule has 1 aliphatic rings. The van der Waals surface area contributed by atoms with Crippen molar-refractivity contribution in [2.24, 2.45) is 23.7 Å². The van der Waals surface area contributed by atoms with Crippen LogP contribution in [0.5, 0.6) is 0 Å². The summed E-state index contributed by atoms with van der Waals surface area (Å²) in [5, 5.41) is 0. The average molecular weight is 211 g/mol. The molecule has 1 rings (SSSR count). The lowest BCUT2D eigenvalue weighted by Gasteiger charge is -2.42. The largest absolute Gasteiger partial charge is 0.343 e. The molecule has 2 heteroatoms. The highest BCUT2D eigenvalue weighted by molar-refractivity contribution is 5.73. The topological polar surface area (TPSA) is 20.3 Å². The van der Waals surface area contributed by atoms with Gasteiger partial charge in [-0.1, -0.05) is 27.7 Å². The second-order valence-electron chi connectivity index (χ2n) is 5.57. The minimum Gasteiger partial charge on any atom is -0.343 e. The Bertz CT molecular complexity index is 223. The number of rotatable bonds is 2. The molecule has 1 fully saturated rings. The predicted molar refractivity (Wildman–Crippen MR) is 63.5 cm³/mol. The van der Waals surface area contributed by atoms with Gasteiger partial charge >= 0.3 is 0 Å². The van der Waals surface area contributed by atoms with Crippen LogP contribution in [0.2, 0.25) is 0 Å². The van der Waals surface area contributed by atoms with Crippen LogP contribution >= 0.6 is 0 Å². The monoisotopic (exact) mass is 211 g/mol. The molecule has 0 radical (unpaired) electrons. The third-order valence-electron chi connectivity index (χ3n) is 3.87. The molecule has 2 unspecified atom stereocenters. The van der Waals surface area contributed by atoms with Crippen LogP contribution in [-0.2, 0) is 4.79 Å². The van der Waals surface area contributed by atoms with Gasteiger partial charge in [-0.2, -0.15) is 0 Å². The summed E-state index contributed by atoms with van der Waals surface area (Å²) in [7, 11) is 0. The molecule has 15 heavy (non-hydrogen) atoms. The van der Waals surface area contributed by atoms with Crippen LogP contribution < -0.4 is 0 Å². The first kappa shape index (κ1) is 12.5. The molecule has 1 aliphatic heterocycles. The Balaban J connectivity index is 2.69. The van der Waals surface area contributed by atoms with E-state index in [9.17, 15) is 4.79 Å². The van der Waals surface area contributed by atoms with E-state index in [-0.39, 0.29) is 5.91 Å². The number of hydrogen-bond acceptors (Lipinski definition) is 1. The maximum Gasteiger partial charge on any atom is 0.219 e. The highest BCUT2D eigenvalue weighted by Crippen LogP contribution is 2.34. The van der Waals surface area contributed by atoms with E-state index in [4.69, 9.17) is 0 Å². The number of amides is 1. The predicted octanol–water partition coefficient (Wildman–Crippen LogP) is 2.78. The normalized spacial score (nSPS) is 27.5. The average Bonchev–Trinajstić information content (AvgIpc) is 2.16. The Morgan fingerprint density at radius 2 is 1.67 bits per heavy atom. The van der Waals surface area contributed by atoms with E-state index in [2.05, 4.69) is 27.7 Å². The van der Waals surface area contributed by atoms with E-state index >= 15 is 0 Å². The Morgan fingerprint density at radius 3 is 2.07 bits per heavy atom. The van der Waals surface area contributed by atoms with Crippen molar-refractivity contribution in [3.63, 3.8) is 0 Å². The van der Waals surface area contributed by atoms with E-state index in [1.165, 1.54) is 6.42 Å². The zero-order valence-corrected chi connectivity index (χ0v) is 10.8. The summed E-state index contributed by atoms with van der Waals surface area (Å²) >= 11 is 0. The van der Waals surface area contributed by atoms with Gasteiger partial charge in [0.1, 0.15) is 0 Å². The minimum atomic E-state index is 0.239. The van der Waals surface area contributed by atoms with Crippen LogP contribution in [0.3, 0.4) is 0 Å². The lowest BCUT2D eigenvalue weighted by Crippen LogP contribution is -2.46. The summed E-state index contributed by atoms with van der Waals surface area (Å²) in [6.07, 6.45) is 1.18. The summed E-state index contributed by atoms with van der Waals surface area (Å²) in [5.41, 5.74) is 0. The zero-order chi connectivity index (χ0) is 11.6. The van der Waals surface area contributed by atoms with Crippen molar-refractivity contribution in [1.29, 1.82) is 0 Å². The van der Waals surface area contributed by atoms with Gasteiger partial charge in [-0.15, -0.1) is 0 Å². The molecule has 88 valence electrons. The summed E-state index contributed by atoms with van der Waals surface area (Å²) in [6.45, 7) is 12.8. The molecule has 0 N–H and O–H groups in total. The molecule has 0 aromatic carbocycles. The molecule has 1 saturated heterocycles. The first-order chi connectivity index (χ1) is 6.93. The molecular formula is C13H25NO. The van der Waals surface area contributed by atoms with Gasteiger partial charge in [-0.25, -0.2) is 0 Å². The third-order valence-corrected chi connectivity index (χ3v) is 3.87. The SMILES string of the molecule is CC(=O)N1CCC(C(C)C)C(C(C)C)C1. The summed E-state index contributed by atoms with van der Waals surface area (Å²) < 4.78 is 0. The highest BCUT2D eigenvalue weighted by atomic mass is 16.2. The van der Waals surface area contributed by atoms with E-state index < -0.39 is 0 Å². The van der Waals surface area contributed by atoms with Crippen LogP contribution in [0.4, 0.5) is 0 Å². The molecule has 2 nitrogen and oxygen atoms in total. The Labute approximate surface area is 94.0 Å². The van der Waals surface area contributed by atoms with Gasteiger partial charge in [0.25, 0.3) is 0 Å². The smallest absolute Gasteiger partial charge is 0.219 e. The van der Waals surface area contributed by atoms with Gasteiger partial charge in [-0.05, 0) is 30.1 Å². The Kier molecular flexibility index (Phi) is 4.18. The second-order valence-corrected chi connectivity index (χ2v) is 5.57. The number of carbonyl (C=O) groups excluding carboxylic acids is 1. The van der Waals surface area contributed by atoms with Gasteiger partial charge in [-0.3, -0.25) is 4.79 Å². The van der Waals surface area contributed by atoms with Crippen LogP contribution in [0.1, 0.15) is 41.0 Å². The number of hydrogen-bond donors (Lipinski definition) is 0. The fourth-order valence-corrected chi connectivity index (χ4v) is 2.82. The first-order valence-corrected chi connectivity index (χ1v) is 6.19. The molecule has 0 saturated carbocycles. The molecule has 0 aromatic rings. The van der Waals surface area contributed by atoms with Gasteiger partial charge < -0.3 is 4.90 Å². The van der Waals surface area contributed by atoms with Crippen LogP contribution in [-0.4, -0.2) is 23.9 Å². The number of likely N-dealkylation sites (tertiary alicyclic amines) is 1. The van der Waals surface area contributed by atoms with Crippen molar-refractivity contribution in [3.05, 3.63) is 0 Å². The van der Waals surface area contributed by atoms with Crippen molar-refractivity contribution in [1.82, 2.24) is 4.90 Å². The van der Waals surface area contributed by atoms with Crippen molar-refractivity contribution >= 4 is 5.91 Å². The Morgan fingerprint density at radius 1 is 1.13 bits per heavy atom. The van der Waals surface area contributed by atoms with Crippen molar-refractivity contribution in [2.45, 2.75) is 41.0 Å². The fourth-order valence-electron chi connectivity index (χ4n) is 2.82. The molecular weight excluding hydrogens is 186 g/mol. The molecule has 0 bridgehead atoms. The molecule has 0 spiro atoms. The summed E-state index contributed by atoms with van der Waals surface area (Å²) in [4.78, 5) is 13.4. The van der Waals surface area contributed by atoms with Crippen LogP contribution in [0.15, 0.2) is 0 Å². The molecule has 1 amide bonds. The maximum atomic E-state index is 11.4. The zero-order valence-electron chi connectivity index (χ0n) is 10.8. The fraction of sp³-hybridized carbons (Fsp3) is 0.923. The summed E-state index contributed by atoms with van der Waals surface area (Å²) in [6, 6.07) is 0. The van der Waals surface area contributed by atoms with Crippen molar-refractivity contribution in [2.75, 3.05) is 13.1 Å². The summed E-state index contributed by atoms with van der Waals surface area (Å²) in [5.74, 6) is 3.14. The van der Waals surface area contributed by atoms with Gasteiger partial charge in [0.05, 0.1) is 0 Å². The highest BCUT2D eigenvalue weighted by Gasteiger charge is 2.33. The van der Waals surface area contributed by atoms with Crippen molar-refractivity contribution < 1.29 is 4.79 Å². The molecule has 0 aromatic heterocycles. The number of piperidine rings is 1. The molecule has 1 heterocycles. The van der Waals surface area contributed by atoms with E-state index in [0.717, 1.165) is 24.9 Å². The number of carbonyl (C=O) groups is 1. The first-order valence-electron chi connectivity index (χ1n) is 6.19. The number of nitrogens with zero attached hydrogens (tertiary/aromatic N) is 1. The molecule has 2 atom stereocenters. The third kappa shape index (κ3) is 2.96. The maximum absolute atomic E-state index is 11.4. The van der Waals surface area contributed by atoms with Gasteiger partial charge in [0.2, 0.25) is 5.91 Å². The van der Waals surface area contributed by atoms with Crippen molar-refractivity contribution in [3.8, 4) is 0 Å². The lowest BCUT2D eigenvalue weighted by atomic mass is 9.73. The van der Waals surface area contributed by atoms with E-state index in [0.29, 0.717) is 11.8 Å². The van der Waals surface area contributed by atoms with Crippen LogP contribution in [0.25, 0.3) is 0 Å². The Hall–Kier alpha value is -0.530. The quantitative estimate of drug-likeness (QED) is 0.688. The molecule has 0 aliphatic carbocycles. The standard InChI is InChI=1S/C13H25NO/c1-9(2)12-6-7-14(11(5)15)8-13(12)10(3)4/h9-10,12-13H,6-8H2,1-5H3. The van der Waals surface area contributed by atoms with Crippen LogP contribution in [0, 0.1) is 23.7 Å². The van der Waals surface area contributed by atoms with E-state index in [1.807, 2.05) is 4.90 Å². The lowest BCUT2D eigenvalue weighted by molar-refractivity contribution is -0.132. The minimum absolute atomic E-state index is 0.239. The van der Waals surface area contributed by atoms with E-state index in [1.54, 1.807) is 6.92 Å². The van der Waals surface area contributed by atoms with Gasteiger partial charge in [0.15, 0.2) is 0 Å².